The van der Waals surface area contributed by atoms with Gasteiger partial charge in [-0.2, -0.15) is 10.1 Å². The van der Waals surface area contributed by atoms with E-state index in [1.165, 1.54) is 11.1 Å². The van der Waals surface area contributed by atoms with Crippen molar-refractivity contribution in [1.29, 1.82) is 0 Å². The fourth-order valence-corrected chi connectivity index (χ4v) is 2.40. The summed E-state index contributed by atoms with van der Waals surface area (Å²) in [5.41, 5.74) is 3.21. The number of fused-ring (bicyclic) bond motifs is 1. The number of hydrogen-bond acceptors (Lipinski definition) is 5. The Labute approximate surface area is 130 Å². The molecule has 0 spiro atoms. The highest BCUT2D eigenvalue weighted by molar-refractivity contribution is 5.85. The van der Waals surface area contributed by atoms with Crippen LogP contribution in [0.5, 0.6) is 0 Å². The molecule has 0 radical (unpaired) electrons. The highest BCUT2D eigenvalue weighted by Crippen LogP contribution is 2.27. The molecule has 0 saturated carbocycles. The molecular weight excluding hydrogens is 276 g/mol. The first-order valence-corrected chi connectivity index (χ1v) is 7.15. The molecule has 6 nitrogen and oxygen atoms in total. The quantitative estimate of drug-likeness (QED) is 0.743. The van der Waals surface area contributed by atoms with Crippen LogP contribution in [0, 0.1) is 6.92 Å². The third kappa shape index (κ3) is 2.36. The van der Waals surface area contributed by atoms with Gasteiger partial charge in [-0.25, -0.2) is 4.98 Å². The van der Waals surface area contributed by atoms with Crippen molar-refractivity contribution in [3.63, 3.8) is 0 Å². The summed E-state index contributed by atoms with van der Waals surface area (Å²) in [5.74, 6) is 1.55. The molecule has 0 amide bonds. The van der Waals surface area contributed by atoms with E-state index in [2.05, 4.69) is 40.2 Å². The smallest absolute Gasteiger partial charge is 0.226 e. The van der Waals surface area contributed by atoms with Gasteiger partial charge in [0.25, 0.3) is 0 Å². The van der Waals surface area contributed by atoms with Gasteiger partial charge in [-0.3, -0.25) is 4.68 Å². The van der Waals surface area contributed by atoms with Crippen LogP contribution in [0.2, 0.25) is 0 Å². The van der Waals surface area contributed by atoms with E-state index in [4.69, 9.17) is 0 Å². The second-order valence-corrected chi connectivity index (χ2v) is 5.58. The summed E-state index contributed by atoms with van der Waals surface area (Å²) < 4.78 is 1.91. The number of aryl methyl sites for hydroxylation is 2. The third-order valence-electron chi connectivity index (χ3n) is 3.87. The topological polar surface area (TPSA) is 50.1 Å². The second-order valence-electron chi connectivity index (χ2n) is 5.58. The van der Waals surface area contributed by atoms with Gasteiger partial charge >= 0.3 is 0 Å². The van der Waals surface area contributed by atoms with Crippen LogP contribution in [0.1, 0.15) is 5.69 Å². The molecule has 0 fully saturated rings. The predicted molar refractivity (Wildman–Crippen MR) is 89.9 cm³/mol. The van der Waals surface area contributed by atoms with Crippen molar-refractivity contribution in [2.24, 2.45) is 7.05 Å². The van der Waals surface area contributed by atoms with Crippen molar-refractivity contribution in [1.82, 2.24) is 19.7 Å². The second kappa shape index (κ2) is 5.29. The third-order valence-corrected chi connectivity index (χ3v) is 3.87. The molecule has 0 aliphatic rings. The van der Waals surface area contributed by atoms with Crippen molar-refractivity contribution < 1.29 is 0 Å². The van der Waals surface area contributed by atoms with Crippen LogP contribution in [-0.2, 0) is 7.05 Å². The summed E-state index contributed by atoms with van der Waals surface area (Å²) in [5, 5.41) is 5.72. The number of nitrogens with zero attached hydrogens (tertiary/aromatic N) is 6. The van der Waals surface area contributed by atoms with E-state index in [0.29, 0.717) is 5.95 Å². The predicted octanol–water partition coefficient (Wildman–Crippen LogP) is 2.51. The zero-order valence-corrected chi connectivity index (χ0v) is 13.6. The Kier molecular flexibility index (Phi) is 3.44. The molecule has 6 heteroatoms. The van der Waals surface area contributed by atoms with Crippen molar-refractivity contribution in [2.45, 2.75) is 6.92 Å². The Bertz CT molecular complexity index is 821. The highest BCUT2D eigenvalue weighted by Gasteiger charge is 2.11. The molecule has 2 aromatic heterocycles. The van der Waals surface area contributed by atoms with Gasteiger partial charge < -0.3 is 9.80 Å². The largest absolute Gasteiger partial charge is 0.347 e. The number of anilines is 3. The van der Waals surface area contributed by atoms with Crippen LogP contribution in [-0.4, -0.2) is 40.9 Å². The van der Waals surface area contributed by atoms with Gasteiger partial charge in [0, 0.05) is 51.2 Å². The first-order valence-electron chi connectivity index (χ1n) is 7.15. The molecule has 1 aromatic carbocycles. The molecule has 3 aromatic rings. The van der Waals surface area contributed by atoms with Crippen LogP contribution in [0.15, 0.2) is 30.5 Å². The lowest BCUT2D eigenvalue weighted by Crippen LogP contribution is -2.16. The normalized spacial score (nSPS) is 11.0. The van der Waals surface area contributed by atoms with Gasteiger partial charge in [-0.05, 0) is 31.2 Å². The van der Waals surface area contributed by atoms with E-state index in [9.17, 15) is 0 Å². The molecule has 2 heterocycles. The Morgan fingerprint density at radius 2 is 1.86 bits per heavy atom. The van der Waals surface area contributed by atoms with Crippen molar-refractivity contribution >= 4 is 28.4 Å². The van der Waals surface area contributed by atoms with Crippen molar-refractivity contribution in [3.05, 3.63) is 36.2 Å². The van der Waals surface area contributed by atoms with E-state index in [-0.39, 0.29) is 0 Å². The summed E-state index contributed by atoms with van der Waals surface area (Å²) in [6.45, 7) is 2.08. The zero-order chi connectivity index (χ0) is 15.9. The van der Waals surface area contributed by atoms with Gasteiger partial charge in [0.2, 0.25) is 5.95 Å². The number of benzene rings is 1. The molecule has 114 valence electrons. The van der Waals surface area contributed by atoms with Gasteiger partial charge in [0.15, 0.2) is 0 Å². The lowest BCUT2D eigenvalue weighted by Gasteiger charge is -2.20. The summed E-state index contributed by atoms with van der Waals surface area (Å²) in [6, 6.07) is 8.19. The Morgan fingerprint density at radius 1 is 1.09 bits per heavy atom. The molecular formula is C16H20N6. The van der Waals surface area contributed by atoms with Crippen LogP contribution >= 0.6 is 0 Å². The average molecular weight is 296 g/mol. The van der Waals surface area contributed by atoms with Gasteiger partial charge in [-0.1, -0.05) is 0 Å². The summed E-state index contributed by atoms with van der Waals surface area (Å²) in [6.07, 6.45) is 1.78. The minimum absolute atomic E-state index is 0.694. The van der Waals surface area contributed by atoms with Crippen LogP contribution in [0.25, 0.3) is 10.9 Å². The van der Waals surface area contributed by atoms with E-state index < -0.39 is 0 Å². The van der Waals surface area contributed by atoms with Crippen LogP contribution < -0.4 is 9.80 Å². The molecule has 0 atom stereocenters. The minimum atomic E-state index is 0.694. The molecule has 0 aliphatic carbocycles. The molecule has 0 aliphatic heterocycles. The van der Waals surface area contributed by atoms with E-state index in [0.717, 1.165) is 17.0 Å². The Balaban J connectivity index is 2.01. The van der Waals surface area contributed by atoms with Gasteiger partial charge in [0.1, 0.15) is 5.82 Å². The van der Waals surface area contributed by atoms with Gasteiger partial charge in [-0.15, -0.1) is 0 Å². The fourth-order valence-electron chi connectivity index (χ4n) is 2.40. The molecule has 0 unspecified atom stereocenters. The first kappa shape index (κ1) is 14.3. The van der Waals surface area contributed by atoms with E-state index >= 15 is 0 Å². The minimum Gasteiger partial charge on any atom is -0.347 e. The SMILES string of the molecule is Cc1c2ccc(N(C)c3ccnc(N(C)C)n3)cc2nn1C. The Hall–Kier alpha value is -2.63. The number of rotatable bonds is 3. The Morgan fingerprint density at radius 3 is 2.59 bits per heavy atom. The van der Waals surface area contributed by atoms with Crippen LogP contribution in [0.3, 0.4) is 0 Å². The molecule has 3 rings (SSSR count). The average Bonchev–Trinajstić information content (AvgIpc) is 2.81. The maximum absolute atomic E-state index is 4.57. The summed E-state index contributed by atoms with van der Waals surface area (Å²) >= 11 is 0. The molecule has 0 saturated heterocycles. The fraction of sp³-hybridized carbons (Fsp3) is 0.312. The van der Waals surface area contributed by atoms with Gasteiger partial charge in [0.05, 0.1) is 5.52 Å². The van der Waals surface area contributed by atoms with E-state index in [1.54, 1.807) is 6.20 Å². The molecule has 22 heavy (non-hydrogen) atoms. The number of hydrogen-bond donors (Lipinski definition) is 0. The van der Waals surface area contributed by atoms with E-state index in [1.807, 2.05) is 48.7 Å². The maximum Gasteiger partial charge on any atom is 0.226 e. The zero-order valence-electron chi connectivity index (χ0n) is 13.6. The lowest BCUT2D eigenvalue weighted by molar-refractivity contribution is 0.751. The first-order chi connectivity index (χ1) is 10.5. The standard InChI is InChI=1S/C16H20N6/c1-11-13-7-6-12(10-14(13)19-22(11)5)21(4)15-8-9-17-16(18-15)20(2)3/h6-10H,1-5H3. The highest BCUT2D eigenvalue weighted by atomic mass is 15.3. The maximum atomic E-state index is 4.57. The summed E-state index contributed by atoms with van der Waals surface area (Å²) in [7, 11) is 7.83. The number of aromatic nitrogens is 4. The van der Waals surface area contributed by atoms with Crippen LogP contribution in [0.4, 0.5) is 17.5 Å². The molecule has 0 N–H and O–H groups in total. The van der Waals surface area contributed by atoms with Crippen molar-refractivity contribution in [3.8, 4) is 0 Å². The van der Waals surface area contributed by atoms with Crippen molar-refractivity contribution in [2.75, 3.05) is 30.9 Å². The summed E-state index contributed by atoms with van der Waals surface area (Å²) in [4.78, 5) is 12.8. The monoisotopic (exact) mass is 296 g/mol. The molecule has 0 bridgehead atoms. The lowest BCUT2D eigenvalue weighted by atomic mass is 10.2.